The molecule has 2 heterocycles. The van der Waals surface area contributed by atoms with Crippen molar-refractivity contribution in [2.75, 3.05) is 13.2 Å². The predicted octanol–water partition coefficient (Wildman–Crippen LogP) is 1.30. The third kappa shape index (κ3) is 2.58. The number of nitrogens with zero attached hydrogens (tertiary/aromatic N) is 1. The Hall–Kier alpha value is -1.42. The number of ether oxygens (including phenoxy) is 1. The number of carbonyl (C=O) groups excluding carboxylic acids is 1. The van der Waals surface area contributed by atoms with E-state index in [1.165, 1.54) is 0 Å². The molecule has 1 aromatic heterocycles. The third-order valence-electron chi connectivity index (χ3n) is 2.80. The third-order valence-corrected chi connectivity index (χ3v) is 2.80. The Morgan fingerprint density at radius 2 is 2.56 bits per heavy atom. The zero-order valence-electron chi connectivity index (χ0n) is 9.40. The Bertz CT molecular complexity index is 373. The fraction of sp³-hybridized carbons (Fsp3) is 0.500. The Balaban J connectivity index is 1.90. The van der Waals surface area contributed by atoms with Crippen molar-refractivity contribution in [3.05, 3.63) is 29.6 Å². The molecule has 0 radical (unpaired) electrons. The molecule has 4 nitrogen and oxygen atoms in total. The summed E-state index contributed by atoms with van der Waals surface area (Å²) in [6, 6.07) is 1.83. The van der Waals surface area contributed by atoms with Crippen molar-refractivity contribution in [1.82, 2.24) is 10.3 Å². The van der Waals surface area contributed by atoms with Gasteiger partial charge in [0, 0.05) is 25.5 Å². The zero-order chi connectivity index (χ0) is 11.4. The second kappa shape index (κ2) is 5.07. The van der Waals surface area contributed by atoms with E-state index in [-0.39, 0.29) is 12.0 Å². The second-order valence-electron chi connectivity index (χ2n) is 4.04. The summed E-state index contributed by atoms with van der Waals surface area (Å²) in [4.78, 5) is 15.8. The molecule has 1 aromatic rings. The molecule has 0 saturated carbocycles. The molecule has 86 valence electrons. The predicted molar refractivity (Wildman–Crippen MR) is 60.3 cm³/mol. The highest BCUT2D eigenvalue weighted by atomic mass is 16.5. The number of aryl methyl sites for hydroxylation is 1. The van der Waals surface area contributed by atoms with Crippen LogP contribution in [0.1, 0.15) is 28.8 Å². The molecule has 2 rings (SSSR count). The summed E-state index contributed by atoms with van der Waals surface area (Å²) in [5.74, 6) is -0.0684. The quantitative estimate of drug-likeness (QED) is 0.835. The Kier molecular flexibility index (Phi) is 3.51. The minimum atomic E-state index is -0.0684. The van der Waals surface area contributed by atoms with Gasteiger partial charge in [0.2, 0.25) is 0 Å². The van der Waals surface area contributed by atoms with E-state index in [2.05, 4.69) is 10.3 Å². The first-order valence-electron chi connectivity index (χ1n) is 5.58. The van der Waals surface area contributed by atoms with Gasteiger partial charge in [0.25, 0.3) is 5.91 Å². The first-order valence-corrected chi connectivity index (χ1v) is 5.58. The highest BCUT2D eigenvalue weighted by molar-refractivity contribution is 5.95. The fourth-order valence-electron chi connectivity index (χ4n) is 1.81. The number of hydrogen-bond acceptors (Lipinski definition) is 3. The van der Waals surface area contributed by atoms with Crippen molar-refractivity contribution >= 4 is 5.91 Å². The maximum atomic E-state index is 11.8. The van der Waals surface area contributed by atoms with E-state index in [0.29, 0.717) is 12.1 Å². The fourth-order valence-corrected chi connectivity index (χ4v) is 1.81. The van der Waals surface area contributed by atoms with Crippen LogP contribution in [0, 0.1) is 6.92 Å². The molecule has 0 aliphatic carbocycles. The summed E-state index contributed by atoms with van der Waals surface area (Å²) in [6.07, 6.45) is 5.59. The molecular weight excluding hydrogens is 204 g/mol. The van der Waals surface area contributed by atoms with Gasteiger partial charge in [-0.25, -0.2) is 0 Å². The molecule has 1 aliphatic heterocycles. The van der Waals surface area contributed by atoms with Crippen LogP contribution in [0.15, 0.2) is 18.5 Å². The SMILES string of the molecule is Cc1ccncc1C(=O)NCC1CCCO1. The van der Waals surface area contributed by atoms with Crippen LogP contribution in [0.3, 0.4) is 0 Å². The molecule has 4 heteroatoms. The number of nitrogens with one attached hydrogen (secondary N) is 1. The second-order valence-corrected chi connectivity index (χ2v) is 4.04. The average molecular weight is 220 g/mol. The summed E-state index contributed by atoms with van der Waals surface area (Å²) in [5.41, 5.74) is 1.58. The maximum Gasteiger partial charge on any atom is 0.253 e. The normalized spacial score (nSPS) is 19.7. The van der Waals surface area contributed by atoms with E-state index in [1.54, 1.807) is 12.4 Å². The van der Waals surface area contributed by atoms with E-state index in [0.717, 1.165) is 25.0 Å². The molecule has 1 amide bonds. The van der Waals surface area contributed by atoms with Crippen LogP contribution >= 0.6 is 0 Å². The monoisotopic (exact) mass is 220 g/mol. The Morgan fingerprint density at radius 3 is 3.25 bits per heavy atom. The minimum Gasteiger partial charge on any atom is -0.376 e. The van der Waals surface area contributed by atoms with E-state index < -0.39 is 0 Å². The Morgan fingerprint density at radius 1 is 1.69 bits per heavy atom. The van der Waals surface area contributed by atoms with Crippen LogP contribution in [0.2, 0.25) is 0 Å². The largest absolute Gasteiger partial charge is 0.376 e. The molecule has 0 spiro atoms. The van der Waals surface area contributed by atoms with Crippen molar-refractivity contribution in [1.29, 1.82) is 0 Å². The molecule has 0 aromatic carbocycles. The first-order chi connectivity index (χ1) is 7.77. The number of carbonyl (C=O) groups is 1. The van der Waals surface area contributed by atoms with Crippen LogP contribution in [-0.4, -0.2) is 30.1 Å². The summed E-state index contributed by atoms with van der Waals surface area (Å²) < 4.78 is 5.44. The standard InChI is InChI=1S/C12H16N2O2/c1-9-4-5-13-8-11(9)12(15)14-7-10-3-2-6-16-10/h4-5,8,10H,2-3,6-7H2,1H3,(H,14,15). The average Bonchev–Trinajstić information content (AvgIpc) is 2.79. The van der Waals surface area contributed by atoms with Gasteiger partial charge >= 0.3 is 0 Å². The van der Waals surface area contributed by atoms with Crippen molar-refractivity contribution in [3.8, 4) is 0 Å². The van der Waals surface area contributed by atoms with Crippen LogP contribution in [0.4, 0.5) is 0 Å². The summed E-state index contributed by atoms with van der Waals surface area (Å²) >= 11 is 0. The van der Waals surface area contributed by atoms with E-state index >= 15 is 0 Å². The molecule has 1 aliphatic rings. The maximum absolute atomic E-state index is 11.8. The number of aromatic nitrogens is 1. The van der Waals surface area contributed by atoms with E-state index in [4.69, 9.17) is 4.74 Å². The van der Waals surface area contributed by atoms with Gasteiger partial charge in [0.05, 0.1) is 11.7 Å². The first kappa shape index (κ1) is 11.1. The summed E-state index contributed by atoms with van der Waals surface area (Å²) in [6.45, 7) is 3.31. The lowest BCUT2D eigenvalue weighted by Crippen LogP contribution is -2.32. The number of hydrogen-bond donors (Lipinski definition) is 1. The van der Waals surface area contributed by atoms with Gasteiger partial charge in [0.1, 0.15) is 0 Å². The summed E-state index contributed by atoms with van der Waals surface area (Å²) in [5, 5.41) is 2.88. The van der Waals surface area contributed by atoms with Gasteiger partial charge in [-0.1, -0.05) is 0 Å². The molecule has 1 N–H and O–H groups in total. The van der Waals surface area contributed by atoms with Crippen LogP contribution in [-0.2, 0) is 4.74 Å². The van der Waals surface area contributed by atoms with Gasteiger partial charge in [0.15, 0.2) is 0 Å². The van der Waals surface area contributed by atoms with Gasteiger partial charge in [-0.05, 0) is 31.4 Å². The smallest absolute Gasteiger partial charge is 0.253 e. The highest BCUT2D eigenvalue weighted by Gasteiger charge is 2.17. The van der Waals surface area contributed by atoms with Gasteiger partial charge in [-0.2, -0.15) is 0 Å². The van der Waals surface area contributed by atoms with Crippen LogP contribution in [0.5, 0.6) is 0 Å². The molecule has 16 heavy (non-hydrogen) atoms. The lowest BCUT2D eigenvalue weighted by molar-refractivity contribution is 0.0857. The number of amides is 1. The lowest BCUT2D eigenvalue weighted by Gasteiger charge is -2.11. The van der Waals surface area contributed by atoms with Crippen LogP contribution < -0.4 is 5.32 Å². The zero-order valence-corrected chi connectivity index (χ0v) is 9.40. The molecule has 1 saturated heterocycles. The topological polar surface area (TPSA) is 51.2 Å². The number of rotatable bonds is 3. The molecule has 1 atom stereocenters. The van der Waals surface area contributed by atoms with Crippen molar-refractivity contribution in [2.24, 2.45) is 0 Å². The van der Waals surface area contributed by atoms with Crippen molar-refractivity contribution in [2.45, 2.75) is 25.9 Å². The van der Waals surface area contributed by atoms with E-state index in [9.17, 15) is 4.79 Å². The van der Waals surface area contributed by atoms with Gasteiger partial charge in [-0.15, -0.1) is 0 Å². The Labute approximate surface area is 95.0 Å². The highest BCUT2D eigenvalue weighted by Crippen LogP contribution is 2.11. The molecule has 1 fully saturated rings. The molecule has 1 unspecified atom stereocenters. The van der Waals surface area contributed by atoms with Crippen molar-refractivity contribution in [3.63, 3.8) is 0 Å². The minimum absolute atomic E-state index is 0.0684. The number of pyridine rings is 1. The van der Waals surface area contributed by atoms with E-state index in [1.807, 2.05) is 13.0 Å². The van der Waals surface area contributed by atoms with Crippen LogP contribution in [0.25, 0.3) is 0 Å². The lowest BCUT2D eigenvalue weighted by atomic mass is 10.1. The molecular formula is C12H16N2O2. The van der Waals surface area contributed by atoms with Crippen molar-refractivity contribution < 1.29 is 9.53 Å². The summed E-state index contributed by atoms with van der Waals surface area (Å²) in [7, 11) is 0. The molecule has 0 bridgehead atoms. The van der Waals surface area contributed by atoms with Gasteiger partial charge < -0.3 is 10.1 Å². The van der Waals surface area contributed by atoms with Gasteiger partial charge in [-0.3, -0.25) is 9.78 Å².